The Balaban J connectivity index is 1.50. The standard InChI is InChI=1S/C17H20N8/c1-13-11-18-17(19-12-13)24-8-6-23(7-9-24)15-10-16(22-14(2)21-15)25-5-3-4-20-25/h3-5,10-12H,6-9H2,1-2H3. The summed E-state index contributed by atoms with van der Waals surface area (Å²) < 4.78 is 1.76. The van der Waals surface area contributed by atoms with Crippen molar-refractivity contribution in [1.82, 2.24) is 29.7 Å². The van der Waals surface area contributed by atoms with Gasteiger partial charge in [0.05, 0.1) is 0 Å². The number of anilines is 2. The normalized spacial score (nSPS) is 14.8. The maximum atomic E-state index is 4.60. The molecule has 0 bridgehead atoms. The van der Waals surface area contributed by atoms with Crippen molar-refractivity contribution in [2.45, 2.75) is 13.8 Å². The fourth-order valence-corrected chi connectivity index (χ4v) is 2.90. The zero-order valence-electron chi connectivity index (χ0n) is 14.4. The second kappa shape index (κ2) is 6.46. The summed E-state index contributed by atoms with van der Waals surface area (Å²) in [5, 5.41) is 4.26. The molecule has 0 atom stereocenters. The molecule has 0 radical (unpaired) electrons. The lowest BCUT2D eigenvalue weighted by molar-refractivity contribution is 0.632. The number of aryl methyl sites for hydroxylation is 2. The lowest BCUT2D eigenvalue weighted by Crippen LogP contribution is -2.47. The van der Waals surface area contributed by atoms with Crippen LogP contribution in [0.3, 0.4) is 0 Å². The Morgan fingerprint density at radius 1 is 0.880 bits per heavy atom. The molecule has 128 valence electrons. The van der Waals surface area contributed by atoms with E-state index in [1.165, 1.54) is 0 Å². The Hall–Kier alpha value is -3.03. The third-order valence-corrected chi connectivity index (χ3v) is 4.20. The lowest BCUT2D eigenvalue weighted by atomic mass is 10.3. The van der Waals surface area contributed by atoms with Crippen LogP contribution < -0.4 is 9.80 Å². The Bertz CT molecular complexity index is 836. The summed E-state index contributed by atoms with van der Waals surface area (Å²) in [5.74, 6) is 3.26. The zero-order chi connectivity index (χ0) is 17.2. The fraction of sp³-hybridized carbons (Fsp3) is 0.353. The summed E-state index contributed by atoms with van der Waals surface area (Å²) in [6.45, 7) is 7.37. The van der Waals surface area contributed by atoms with Gasteiger partial charge >= 0.3 is 0 Å². The average molecular weight is 336 g/mol. The first-order chi connectivity index (χ1) is 12.2. The molecule has 4 rings (SSSR count). The third-order valence-electron chi connectivity index (χ3n) is 4.20. The van der Waals surface area contributed by atoms with E-state index >= 15 is 0 Å². The van der Waals surface area contributed by atoms with Crippen LogP contribution in [0.2, 0.25) is 0 Å². The van der Waals surface area contributed by atoms with Gasteiger partial charge in [0.1, 0.15) is 11.6 Å². The first-order valence-electron chi connectivity index (χ1n) is 8.33. The molecule has 1 saturated heterocycles. The summed E-state index contributed by atoms with van der Waals surface area (Å²) in [7, 11) is 0. The largest absolute Gasteiger partial charge is 0.353 e. The van der Waals surface area contributed by atoms with Crippen LogP contribution in [0.1, 0.15) is 11.4 Å². The van der Waals surface area contributed by atoms with Crippen molar-refractivity contribution in [3.8, 4) is 5.82 Å². The van der Waals surface area contributed by atoms with Crippen molar-refractivity contribution in [2.24, 2.45) is 0 Å². The van der Waals surface area contributed by atoms with E-state index in [9.17, 15) is 0 Å². The maximum Gasteiger partial charge on any atom is 0.225 e. The molecule has 0 aliphatic carbocycles. The molecule has 1 fully saturated rings. The zero-order valence-corrected chi connectivity index (χ0v) is 14.4. The highest BCUT2D eigenvalue weighted by Crippen LogP contribution is 2.18. The number of aromatic nitrogens is 6. The van der Waals surface area contributed by atoms with Crippen molar-refractivity contribution < 1.29 is 0 Å². The molecule has 3 aromatic heterocycles. The second-order valence-electron chi connectivity index (χ2n) is 6.12. The van der Waals surface area contributed by atoms with Gasteiger partial charge in [0.15, 0.2) is 5.82 Å². The molecule has 0 aromatic carbocycles. The number of hydrogen-bond donors (Lipinski definition) is 0. The number of hydrogen-bond acceptors (Lipinski definition) is 7. The lowest BCUT2D eigenvalue weighted by Gasteiger charge is -2.35. The fourth-order valence-electron chi connectivity index (χ4n) is 2.90. The van der Waals surface area contributed by atoms with Crippen LogP contribution >= 0.6 is 0 Å². The maximum absolute atomic E-state index is 4.60. The van der Waals surface area contributed by atoms with Gasteiger partial charge in [-0.1, -0.05) is 0 Å². The first-order valence-corrected chi connectivity index (χ1v) is 8.33. The van der Waals surface area contributed by atoms with Crippen molar-refractivity contribution in [3.63, 3.8) is 0 Å². The molecule has 0 saturated carbocycles. The molecule has 3 aromatic rings. The van der Waals surface area contributed by atoms with Gasteiger partial charge in [0.2, 0.25) is 5.95 Å². The van der Waals surface area contributed by atoms with Crippen LogP contribution in [0.15, 0.2) is 36.9 Å². The van der Waals surface area contributed by atoms with Crippen molar-refractivity contribution in [1.29, 1.82) is 0 Å². The summed E-state index contributed by atoms with van der Waals surface area (Å²) in [4.78, 5) is 22.4. The summed E-state index contributed by atoms with van der Waals surface area (Å²) >= 11 is 0. The van der Waals surface area contributed by atoms with Crippen molar-refractivity contribution in [2.75, 3.05) is 36.0 Å². The van der Waals surface area contributed by atoms with Gasteiger partial charge in [-0.15, -0.1) is 0 Å². The molecule has 0 spiro atoms. The average Bonchev–Trinajstić information content (AvgIpc) is 3.17. The molecule has 4 heterocycles. The molecule has 0 N–H and O–H groups in total. The quantitative estimate of drug-likeness (QED) is 0.715. The summed E-state index contributed by atoms with van der Waals surface area (Å²) in [6, 6.07) is 3.87. The molecular weight excluding hydrogens is 316 g/mol. The van der Waals surface area contributed by atoms with Crippen molar-refractivity contribution >= 4 is 11.8 Å². The molecule has 25 heavy (non-hydrogen) atoms. The monoisotopic (exact) mass is 336 g/mol. The predicted molar refractivity (Wildman–Crippen MR) is 95.1 cm³/mol. The molecule has 1 aliphatic rings. The van der Waals surface area contributed by atoms with Gasteiger partial charge in [0, 0.05) is 57.0 Å². The first kappa shape index (κ1) is 15.5. The van der Waals surface area contributed by atoms with Crippen LogP contribution in [0.25, 0.3) is 5.82 Å². The smallest absolute Gasteiger partial charge is 0.225 e. The molecular formula is C17H20N8. The van der Waals surface area contributed by atoms with Crippen LogP contribution in [0.5, 0.6) is 0 Å². The highest BCUT2D eigenvalue weighted by Gasteiger charge is 2.20. The van der Waals surface area contributed by atoms with E-state index < -0.39 is 0 Å². The number of piperazine rings is 1. The SMILES string of the molecule is Cc1cnc(N2CCN(c3cc(-n4cccn4)nc(C)n3)CC2)nc1. The molecule has 0 amide bonds. The van der Waals surface area contributed by atoms with E-state index in [0.717, 1.165) is 55.2 Å². The topological polar surface area (TPSA) is 75.9 Å². The van der Waals surface area contributed by atoms with Crippen LogP contribution in [-0.2, 0) is 0 Å². The number of nitrogens with zero attached hydrogens (tertiary/aromatic N) is 8. The Morgan fingerprint density at radius 3 is 2.24 bits per heavy atom. The Kier molecular flexibility index (Phi) is 4.01. The van der Waals surface area contributed by atoms with E-state index in [-0.39, 0.29) is 0 Å². The summed E-state index contributed by atoms with van der Waals surface area (Å²) in [6.07, 6.45) is 7.35. The molecule has 8 nitrogen and oxygen atoms in total. The van der Waals surface area contributed by atoms with E-state index in [0.29, 0.717) is 0 Å². The van der Waals surface area contributed by atoms with Gasteiger partial charge in [-0.3, -0.25) is 0 Å². The highest BCUT2D eigenvalue weighted by molar-refractivity contribution is 5.46. The van der Waals surface area contributed by atoms with Crippen LogP contribution in [0, 0.1) is 13.8 Å². The molecule has 1 aliphatic heterocycles. The molecule has 0 unspecified atom stereocenters. The minimum absolute atomic E-state index is 0.743. The minimum Gasteiger partial charge on any atom is -0.353 e. The van der Waals surface area contributed by atoms with E-state index in [1.807, 2.05) is 44.6 Å². The summed E-state index contributed by atoms with van der Waals surface area (Å²) in [5.41, 5.74) is 1.07. The Morgan fingerprint density at radius 2 is 1.56 bits per heavy atom. The Labute approximate surface area is 146 Å². The molecule has 8 heteroatoms. The van der Waals surface area contributed by atoms with Crippen LogP contribution in [0.4, 0.5) is 11.8 Å². The van der Waals surface area contributed by atoms with Crippen molar-refractivity contribution in [3.05, 3.63) is 48.3 Å². The van der Waals surface area contributed by atoms with Gasteiger partial charge in [-0.05, 0) is 25.5 Å². The van der Waals surface area contributed by atoms with Crippen LogP contribution in [-0.4, -0.2) is 55.9 Å². The van der Waals surface area contributed by atoms with E-state index in [2.05, 4.69) is 34.8 Å². The second-order valence-corrected chi connectivity index (χ2v) is 6.12. The van der Waals surface area contributed by atoms with E-state index in [4.69, 9.17) is 0 Å². The third kappa shape index (κ3) is 3.28. The number of rotatable bonds is 3. The van der Waals surface area contributed by atoms with Gasteiger partial charge in [0.25, 0.3) is 0 Å². The van der Waals surface area contributed by atoms with E-state index in [1.54, 1.807) is 10.9 Å². The van der Waals surface area contributed by atoms with Gasteiger partial charge in [-0.2, -0.15) is 5.10 Å². The predicted octanol–water partition coefficient (Wildman–Crippen LogP) is 1.40. The van der Waals surface area contributed by atoms with Gasteiger partial charge in [-0.25, -0.2) is 24.6 Å². The minimum atomic E-state index is 0.743. The highest BCUT2D eigenvalue weighted by atomic mass is 15.3. The van der Waals surface area contributed by atoms with Gasteiger partial charge < -0.3 is 9.80 Å².